The highest BCUT2D eigenvalue weighted by Crippen LogP contribution is 2.30. The predicted molar refractivity (Wildman–Crippen MR) is 91.7 cm³/mol. The summed E-state index contributed by atoms with van der Waals surface area (Å²) in [6.45, 7) is 1.58. The van der Waals surface area contributed by atoms with Crippen molar-refractivity contribution < 1.29 is 21.6 Å². The first kappa shape index (κ1) is 19.6. The molecule has 0 fully saturated rings. The third-order valence-corrected chi connectivity index (χ3v) is 6.19. The summed E-state index contributed by atoms with van der Waals surface area (Å²) in [5.74, 6) is 10.5. The average molecular weight is 407 g/mol. The van der Waals surface area contributed by atoms with Crippen molar-refractivity contribution in [2.24, 2.45) is 11.7 Å². The van der Waals surface area contributed by atoms with Crippen LogP contribution in [0.1, 0.15) is 5.56 Å². The lowest BCUT2D eigenvalue weighted by Gasteiger charge is -2.11. The third-order valence-electron chi connectivity index (χ3n) is 3.17. The molecule has 136 valence electrons. The summed E-state index contributed by atoms with van der Waals surface area (Å²) >= 11 is 5.94. The fourth-order valence-corrected chi connectivity index (χ4v) is 4.03. The Balaban J connectivity index is 2.32. The summed E-state index contributed by atoms with van der Waals surface area (Å²) in [6, 6.07) is 8.17. The minimum absolute atomic E-state index is 0.0100. The maximum absolute atomic E-state index is 11.7. The first-order chi connectivity index (χ1) is 11.6. The number of benzene rings is 2. The van der Waals surface area contributed by atoms with Crippen LogP contribution >= 0.6 is 11.6 Å². The van der Waals surface area contributed by atoms with Crippen LogP contribution in [0.3, 0.4) is 0 Å². The Morgan fingerprint density at radius 1 is 0.880 bits per heavy atom. The number of nitrogens with two attached hydrogens (primary N) is 2. The smallest absolute Gasteiger partial charge is 0.254 e. The molecule has 0 aliphatic carbocycles. The molecule has 6 N–H and O–H groups in total. The zero-order valence-corrected chi connectivity index (χ0v) is 15.2. The van der Waals surface area contributed by atoms with Gasteiger partial charge in [0.25, 0.3) is 20.0 Å². The number of nitrogens with one attached hydrogen (secondary N) is 2. The van der Waals surface area contributed by atoms with Crippen molar-refractivity contribution in [3.63, 3.8) is 0 Å². The van der Waals surface area contributed by atoms with E-state index >= 15 is 0 Å². The van der Waals surface area contributed by atoms with Gasteiger partial charge in [-0.15, -0.1) is 0 Å². The highest BCUT2D eigenvalue weighted by molar-refractivity contribution is 7.89. The highest BCUT2D eigenvalue weighted by atomic mass is 35.5. The predicted octanol–water partition coefficient (Wildman–Crippen LogP) is 0.745. The van der Waals surface area contributed by atoms with Crippen molar-refractivity contribution >= 4 is 31.6 Å². The van der Waals surface area contributed by atoms with Crippen LogP contribution in [0, 0.1) is 6.92 Å². The molecule has 2 rings (SSSR count). The van der Waals surface area contributed by atoms with Crippen LogP contribution < -0.4 is 26.1 Å². The van der Waals surface area contributed by atoms with Crippen molar-refractivity contribution in [3.05, 3.63) is 47.0 Å². The number of halogens is 1. The number of hydrazine groups is 2. The maximum atomic E-state index is 11.7. The summed E-state index contributed by atoms with van der Waals surface area (Å²) in [6.07, 6.45) is 0. The third kappa shape index (κ3) is 4.27. The summed E-state index contributed by atoms with van der Waals surface area (Å²) in [7, 11) is -7.68. The van der Waals surface area contributed by atoms with Gasteiger partial charge in [-0.3, -0.25) is 11.7 Å². The maximum Gasteiger partial charge on any atom is 0.254 e. The van der Waals surface area contributed by atoms with E-state index in [0.717, 1.165) is 0 Å². The molecular weight excluding hydrogens is 392 g/mol. The van der Waals surface area contributed by atoms with Gasteiger partial charge >= 0.3 is 0 Å². The zero-order valence-electron chi connectivity index (χ0n) is 12.9. The van der Waals surface area contributed by atoms with Crippen LogP contribution in [0.5, 0.6) is 11.5 Å². The van der Waals surface area contributed by atoms with Crippen molar-refractivity contribution in [1.82, 2.24) is 9.66 Å². The molecule has 0 aliphatic rings. The van der Waals surface area contributed by atoms with E-state index in [-0.39, 0.29) is 20.6 Å². The van der Waals surface area contributed by atoms with Gasteiger partial charge in [-0.2, -0.15) is 9.66 Å². The number of rotatable bonds is 6. The van der Waals surface area contributed by atoms with Crippen molar-refractivity contribution in [2.75, 3.05) is 0 Å². The van der Waals surface area contributed by atoms with E-state index in [1.54, 1.807) is 16.6 Å². The molecule has 2 aromatic rings. The van der Waals surface area contributed by atoms with Crippen LogP contribution in [-0.2, 0) is 20.0 Å². The Morgan fingerprint density at radius 2 is 1.36 bits per heavy atom. The number of hydrogen-bond donors (Lipinski definition) is 4. The van der Waals surface area contributed by atoms with Gasteiger partial charge in [0.2, 0.25) is 0 Å². The summed E-state index contributed by atoms with van der Waals surface area (Å²) in [5.41, 5.74) is 0.410. The second-order valence-corrected chi connectivity index (χ2v) is 8.64. The molecule has 25 heavy (non-hydrogen) atoms. The molecule has 0 radical (unpaired) electrons. The van der Waals surface area contributed by atoms with E-state index in [1.165, 1.54) is 36.4 Å². The SMILES string of the molecule is Cc1cc(Oc2ccc(S(=O)(=O)NN)c(Cl)c2)ccc1S(=O)(=O)NN. The standard InChI is InChI=1S/C13H15ClN4O5S2/c1-8-6-9(2-4-12(8)24(19,20)17-15)23-10-3-5-13(11(14)7-10)25(21,22)18-16/h2-7,17-18H,15-16H2,1H3. The Bertz CT molecular complexity index is 928. The van der Waals surface area contributed by atoms with Gasteiger partial charge in [0.05, 0.1) is 9.92 Å². The zero-order chi connectivity index (χ0) is 18.8. The molecule has 0 spiro atoms. The molecule has 0 saturated heterocycles. The summed E-state index contributed by atoms with van der Waals surface area (Å²) < 4.78 is 52.3. The molecule has 0 amide bonds. The van der Waals surface area contributed by atoms with Gasteiger partial charge in [-0.1, -0.05) is 11.6 Å². The topological polar surface area (TPSA) is 154 Å². The quantitative estimate of drug-likeness (QED) is 0.407. The van der Waals surface area contributed by atoms with E-state index in [0.29, 0.717) is 11.3 Å². The monoisotopic (exact) mass is 406 g/mol. The van der Waals surface area contributed by atoms with Gasteiger partial charge < -0.3 is 4.74 Å². The van der Waals surface area contributed by atoms with Gasteiger partial charge in [0.15, 0.2) is 0 Å². The van der Waals surface area contributed by atoms with Gasteiger partial charge in [-0.05, 0) is 42.8 Å². The molecule has 0 atom stereocenters. The number of aryl methyl sites for hydroxylation is 1. The lowest BCUT2D eigenvalue weighted by atomic mass is 10.2. The first-order valence-corrected chi connectivity index (χ1v) is 9.98. The Hall–Kier alpha value is -1.73. The van der Waals surface area contributed by atoms with Crippen LogP contribution in [0.25, 0.3) is 0 Å². The molecule has 2 aromatic carbocycles. The van der Waals surface area contributed by atoms with Crippen LogP contribution in [0.2, 0.25) is 5.02 Å². The minimum atomic E-state index is -3.90. The lowest BCUT2D eigenvalue weighted by Crippen LogP contribution is -2.30. The van der Waals surface area contributed by atoms with E-state index in [1.807, 2.05) is 0 Å². The van der Waals surface area contributed by atoms with E-state index in [4.69, 9.17) is 28.0 Å². The Kier molecular flexibility index (Phi) is 5.68. The number of hydrogen-bond acceptors (Lipinski definition) is 7. The average Bonchev–Trinajstić information content (AvgIpc) is 2.54. The van der Waals surface area contributed by atoms with Crippen LogP contribution in [-0.4, -0.2) is 16.8 Å². The Morgan fingerprint density at radius 3 is 1.84 bits per heavy atom. The summed E-state index contributed by atoms with van der Waals surface area (Å²) in [4.78, 5) is 3.23. The van der Waals surface area contributed by atoms with Crippen molar-refractivity contribution in [1.29, 1.82) is 0 Å². The molecule has 0 heterocycles. The van der Waals surface area contributed by atoms with Gasteiger partial charge in [0.1, 0.15) is 16.4 Å². The first-order valence-electron chi connectivity index (χ1n) is 6.63. The second-order valence-electron chi connectivity index (χ2n) is 4.86. The van der Waals surface area contributed by atoms with E-state index in [2.05, 4.69) is 0 Å². The lowest BCUT2D eigenvalue weighted by molar-refractivity contribution is 0.481. The van der Waals surface area contributed by atoms with Gasteiger partial charge in [-0.25, -0.2) is 16.8 Å². The highest BCUT2D eigenvalue weighted by Gasteiger charge is 2.18. The molecule has 9 nitrogen and oxygen atoms in total. The second kappa shape index (κ2) is 7.25. The minimum Gasteiger partial charge on any atom is -0.457 e. The molecule has 0 aromatic heterocycles. The fraction of sp³-hybridized carbons (Fsp3) is 0.0769. The number of ether oxygens (including phenoxy) is 1. The Labute approximate surface area is 150 Å². The fourth-order valence-electron chi connectivity index (χ4n) is 2.01. The molecule has 0 saturated carbocycles. The molecule has 0 aliphatic heterocycles. The molecule has 0 bridgehead atoms. The number of sulfonamides is 2. The summed E-state index contributed by atoms with van der Waals surface area (Å²) in [5, 5.41) is -0.0845. The van der Waals surface area contributed by atoms with Gasteiger partial charge in [0, 0.05) is 6.07 Å². The van der Waals surface area contributed by atoms with E-state index < -0.39 is 20.0 Å². The van der Waals surface area contributed by atoms with Crippen LogP contribution in [0.4, 0.5) is 0 Å². The molecular formula is C13H15ClN4O5S2. The normalized spacial score (nSPS) is 12.2. The molecule has 12 heteroatoms. The molecule has 0 unspecified atom stereocenters. The largest absolute Gasteiger partial charge is 0.457 e. The van der Waals surface area contributed by atoms with Crippen molar-refractivity contribution in [3.8, 4) is 11.5 Å². The van der Waals surface area contributed by atoms with Crippen LogP contribution in [0.15, 0.2) is 46.2 Å². The van der Waals surface area contributed by atoms with E-state index in [9.17, 15) is 16.8 Å². The van der Waals surface area contributed by atoms with Crippen molar-refractivity contribution in [2.45, 2.75) is 16.7 Å².